The minimum absolute atomic E-state index is 0.144. The third-order valence-electron chi connectivity index (χ3n) is 4.24. The first-order valence-electron chi connectivity index (χ1n) is 8.48. The number of hydrogen-bond acceptors (Lipinski definition) is 3. The molecule has 2 rings (SSSR count). The second-order valence-electron chi connectivity index (χ2n) is 7.03. The summed E-state index contributed by atoms with van der Waals surface area (Å²) < 4.78 is 2.30. The van der Waals surface area contributed by atoms with Gasteiger partial charge >= 0.3 is 0 Å². The van der Waals surface area contributed by atoms with Crippen molar-refractivity contribution in [3.63, 3.8) is 0 Å². The van der Waals surface area contributed by atoms with Crippen LogP contribution in [0.1, 0.15) is 52.3 Å². The highest BCUT2D eigenvalue weighted by Gasteiger charge is 2.22. The van der Waals surface area contributed by atoms with E-state index in [9.17, 15) is 4.79 Å². The molecule has 0 saturated carbocycles. The van der Waals surface area contributed by atoms with E-state index in [0.717, 1.165) is 32.5 Å². The first-order chi connectivity index (χ1) is 10.5. The topological polar surface area (TPSA) is 50.2 Å². The average Bonchev–Trinajstić information content (AvgIpc) is 2.88. The van der Waals surface area contributed by atoms with Gasteiger partial charge in [-0.25, -0.2) is 4.98 Å². The molecule has 0 atom stereocenters. The van der Waals surface area contributed by atoms with Crippen LogP contribution in [0.15, 0.2) is 12.4 Å². The van der Waals surface area contributed by atoms with Crippen molar-refractivity contribution in [1.82, 2.24) is 19.8 Å². The zero-order chi connectivity index (χ0) is 16.1. The minimum Gasteiger partial charge on any atom is -0.353 e. The summed E-state index contributed by atoms with van der Waals surface area (Å²) in [5, 5.41) is 2.96. The van der Waals surface area contributed by atoms with Gasteiger partial charge in [-0.2, -0.15) is 0 Å². The highest BCUT2D eigenvalue weighted by molar-refractivity contribution is 5.78. The van der Waals surface area contributed by atoms with E-state index < -0.39 is 0 Å². The maximum atomic E-state index is 11.8. The van der Waals surface area contributed by atoms with Crippen molar-refractivity contribution >= 4 is 5.91 Å². The average molecular weight is 306 g/mol. The SMILES string of the molecule is CC(C)NC(=O)CN1CCC(Cn2ccnc2C(C)C)CC1. The van der Waals surface area contributed by atoms with E-state index in [-0.39, 0.29) is 11.9 Å². The Morgan fingerprint density at radius 1 is 1.32 bits per heavy atom. The van der Waals surface area contributed by atoms with Gasteiger partial charge in [0.1, 0.15) is 5.82 Å². The van der Waals surface area contributed by atoms with Gasteiger partial charge in [0, 0.05) is 30.9 Å². The number of likely N-dealkylation sites (tertiary alicyclic amines) is 1. The molecule has 22 heavy (non-hydrogen) atoms. The molecule has 2 heterocycles. The molecule has 1 aromatic heterocycles. The van der Waals surface area contributed by atoms with Gasteiger partial charge in [0.15, 0.2) is 0 Å². The van der Waals surface area contributed by atoms with E-state index in [2.05, 4.69) is 39.8 Å². The van der Waals surface area contributed by atoms with Gasteiger partial charge in [0.05, 0.1) is 6.54 Å². The number of aromatic nitrogens is 2. The Balaban J connectivity index is 1.77. The zero-order valence-corrected chi connectivity index (χ0v) is 14.4. The molecule has 1 fully saturated rings. The van der Waals surface area contributed by atoms with Crippen molar-refractivity contribution in [2.24, 2.45) is 5.92 Å². The second-order valence-corrected chi connectivity index (χ2v) is 7.03. The number of amides is 1. The molecule has 1 aliphatic heterocycles. The number of nitrogens with zero attached hydrogens (tertiary/aromatic N) is 3. The summed E-state index contributed by atoms with van der Waals surface area (Å²) in [5.41, 5.74) is 0. The quantitative estimate of drug-likeness (QED) is 0.877. The molecule has 0 spiro atoms. The third-order valence-corrected chi connectivity index (χ3v) is 4.24. The summed E-state index contributed by atoms with van der Waals surface area (Å²) in [7, 11) is 0. The number of rotatable bonds is 6. The van der Waals surface area contributed by atoms with Gasteiger partial charge in [-0.1, -0.05) is 13.8 Å². The maximum absolute atomic E-state index is 11.8. The molecule has 0 aliphatic carbocycles. The molecule has 0 unspecified atom stereocenters. The van der Waals surface area contributed by atoms with Crippen LogP contribution in [0.3, 0.4) is 0 Å². The highest BCUT2D eigenvalue weighted by Crippen LogP contribution is 2.21. The van der Waals surface area contributed by atoms with Gasteiger partial charge in [-0.3, -0.25) is 9.69 Å². The molecule has 0 aromatic carbocycles. The van der Waals surface area contributed by atoms with Crippen LogP contribution in [0, 0.1) is 5.92 Å². The Labute approximate surface area is 134 Å². The number of nitrogens with one attached hydrogen (secondary N) is 1. The fourth-order valence-corrected chi connectivity index (χ4v) is 3.15. The summed E-state index contributed by atoms with van der Waals surface area (Å²) in [6.07, 6.45) is 6.31. The fraction of sp³-hybridized carbons (Fsp3) is 0.765. The van der Waals surface area contributed by atoms with Crippen molar-refractivity contribution in [2.75, 3.05) is 19.6 Å². The molecule has 5 nitrogen and oxygen atoms in total. The normalized spacial score (nSPS) is 17.4. The van der Waals surface area contributed by atoms with E-state index >= 15 is 0 Å². The lowest BCUT2D eigenvalue weighted by Gasteiger charge is -2.32. The summed E-state index contributed by atoms with van der Waals surface area (Å²) >= 11 is 0. The molecule has 5 heteroatoms. The monoisotopic (exact) mass is 306 g/mol. The molecule has 1 amide bonds. The number of carbonyl (C=O) groups excluding carboxylic acids is 1. The summed E-state index contributed by atoms with van der Waals surface area (Å²) in [6.45, 7) is 12.0. The van der Waals surface area contributed by atoms with E-state index in [1.807, 2.05) is 20.0 Å². The first kappa shape index (κ1) is 17.0. The Kier molecular flexibility index (Phi) is 6.00. The van der Waals surface area contributed by atoms with E-state index in [4.69, 9.17) is 0 Å². The van der Waals surface area contributed by atoms with E-state index in [1.54, 1.807) is 0 Å². The number of piperidine rings is 1. The van der Waals surface area contributed by atoms with Crippen molar-refractivity contribution in [2.45, 2.75) is 59.0 Å². The lowest BCUT2D eigenvalue weighted by atomic mass is 9.96. The van der Waals surface area contributed by atoms with Crippen molar-refractivity contribution in [3.8, 4) is 0 Å². The predicted molar refractivity (Wildman–Crippen MR) is 88.8 cm³/mol. The Hall–Kier alpha value is -1.36. The number of carbonyl (C=O) groups is 1. The van der Waals surface area contributed by atoms with Crippen LogP contribution in [-0.2, 0) is 11.3 Å². The van der Waals surface area contributed by atoms with E-state index in [1.165, 1.54) is 5.82 Å². The summed E-state index contributed by atoms with van der Waals surface area (Å²) in [4.78, 5) is 18.5. The largest absolute Gasteiger partial charge is 0.353 e. The third kappa shape index (κ3) is 4.83. The van der Waals surface area contributed by atoms with Gasteiger partial charge in [0.25, 0.3) is 0 Å². The zero-order valence-electron chi connectivity index (χ0n) is 14.4. The Morgan fingerprint density at radius 3 is 2.59 bits per heavy atom. The van der Waals surface area contributed by atoms with Crippen LogP contribution in [0.25, 0.3) is 0 Å². The Morgan fingerprint density at radius 2 is 2.00 bits per heavy atom. The minimum atomic E-state index is 0.144. The van der Waals surface area contributed by atoms with Crippen LogP contribution in [0.2, 0.25) is 0 Å². The number of hydrogen-bond donors (Lipinski definition) is 1. The lowest BCUT2D eigenvalue weighted by Crippen LogP contribution is -2.43. The Bertz CT molecular complexity index is 473. The van der Waals surface area contributed by atoms with E-state index in [0.29, 0.717) is 18.4 Å². The molecular formula is C17H30N4O. The van der Waals surface area contributed by atoms with Crippen LogP contribution in [0.5, 0.6) is 0 Å². The maximum Gasteiger partial charge on any atom is 0.234 e. The predicted octanol–water partition coefficient (Wildman–Crippen LogP) is 2.24. The van der Waals surface area contributed by atoms with Crippen LogP contribution in [0.4, 0.5) is 0 Å². The lowest BCUT2D eigenvalue weighted by molar-refractivity contribution is -0.123. The molecular weight excluding hydrogens is 276 g/mol. The molecule has 124 valence electrons. The molecule has 1 saturated heterocycles. The van der Waals surface area contributed by atoms with Gasteiger partial charge < -0.3 is 9.88 Å². The fourth-order valence-electron chi connectivity index (χ4n) is 3.15. The van der Waals surface area contributed by atoms with Gasteiger partial charge in [0.2, 0.25) is 5.91 Å². The molecule has 0 bridgehead atoms. The van der Waals surface area contributed by atoms with Crippen molar-refractivity contribution in [1.29, 1.82) is 0 Å². The van der Waals surface area contributed by atoms with Crippen molar-refractivity contribution < 1.29 is 4.79 Å². The van der Waals surface area contributed by atoms with Gasteiger partial charge in [-0.15, -0.1) is 0 Å². The van der Waals surface area contributed by atoms with Crippen molar-refractivity contribution in [3.05, 3.63) is 18.2 Å². The van der Waals surface area contributed by atoms with Crippen LogP contribution < -0.4 is 5.32 Å². The first-order valence-corrected chi connectivity index (χ1v) is 8.48. The molecule has 1 N–H and O–H groups in total. The van der Waals surface area contributed by atoms with Gasteiger partial charge in [-0.05, 0) is 45.7 Å². The summed E-state index contributed by atoms with van der Waals surface area (Å²) in [6, 6.07) is 0.223. The smallest absolute Gasteiger partial charge is 0.234 e. The molecule has 1 aromatic rings. The highest BCUT2D eigenvalue weighted by atomic mass is 16.2. The molecule has 1 aliphatic rings. The van der Waals surface area contributed by atoms with Crippen LogP contribution in [-0.4, -0.2) is 46.0 Å². The standard InChI is InChI=1S/C17H30N4O/c1-13(2)17-18-7-10-21(17)11-15-5-8-20(9-6-15)12-16(22)19-14(3)4/h7,10,13-15H,5-6,8-9,11-12H2,1-4H3,(H,19,22). The van der Waals surface area contributed by atoms with Crippen LogP contribution >= 0.6 is 0 Å². The second kappa shape index (κ2) is 7.77. The number of imidazole rings is 1. The summed E-state index contributed by atoms with van der Waals surface area (Å²) in [5.74, 6) is 2.48. The molecule has 0 radical (unpaired) electrons.